The van der Waals surface area contributed by atoms with Gasteiger partial charge < -0.3 is 18.1 Å². The molecule has 2 aliphatic heterocycles. The van der Waals surface area contributed by atoms with Crippen LogP contribution in [0.1, 0.15) is 79.1 Å². The van der Waals surface area contributed by atoms with Gasteiger partial charge in [-0.2, -0.15) is 8.99 Å². The van der Waals surface area contributed by atoms with E-state index in [0.29, 0.717) is 0 Å². The van der Waals surface area contributed by atoms with Gasteiger partial charge in [-0.05, 0) is 25.7 Å². The molecule has 0 amide bonds. The molecular formula is C18H38N2O4P2S2. The van der Waals surface area contributed by atoms with Crippen LogP contribution in [0.4, 0.5) is 0 Å². The van der Waals surface area contributed by atoms with Gasteiger partial charge in [-0.3, -0.25) is 0 Å². The van der Waals surface area contributed by atoms with E-state index in [9.17, 15) is 0 Å². The lowest BCUT2D eigenvalue weighted by atomic mass is 9.81. The summed E-state index contributed by atoms with van der Waals surface area (Å²) < 4.78 is 30.5. The van der Waals surface area contributed by atoms with Crippen LogP contribution in [0.5, 0.6) is 0 Å². The van der Waals surface area contributed by atoms with Gasteiger partial charge in [0.2, 0.25) is 0 Å². The Bertz CT molecular complexity index is 370. The molecule has 2 heterocycles. The van der Waals surface area contributed by atoms with Gasteiger partial charge in [0.05, 0.1) is 26.4 Å². The normalized spacial score (nSPS) is 23.1. The molecule has 0 spiro atoms. The zero-order chi connectivity index (χ0) is 20.3. The van der Waals surface area contributed by atoms with Gasteiger partial charge in [0, 0.05) is 32.8 Å². The Labute approximate surface area is 182 Å². The molecular weight excluding hydrogens is 434 g/mol. The smallest absolute Gasteiger partial charge is 0.267 e. The predicted octanol–water partition coefficient (Wildman–Crippen LogP) is 7.10. The fourth-order valence-electron chi connectivity index (χ4n) is 4.09. The van der Waals surface area contributed by atoms with E-state index in [0.717, 1.165) is 26.4 Å². The van der Waals surface area contributed by atoms with Crippen LogP contribution in [0.3, 0.4) is 0 Å². The summed E-state index contributed by atoms with van der Waals surface area (Å²) in [6.07, 6.45) is 9.38. The van der Waals surface area contributed by atoms with E-state index in [-0.39, 0.29) is 10.8 Å². The van der Waals surface area contributed by atoms with Crippen molar-refractivity contribution >= 4 is 39.0 Å². The molecule has 166 valence electrons. The summed E-state index contributed by atoms with van der Waals surface area (Å²) in [4.78, 5) is 0. The Balaban J connectivity index is 1.60. The number of rotatable bonds is 13. The van der Waals surface area contributed by atoms with Crippen molar-refractivity contribution in [2.24, 2.45) is 10.8 Å². The van der Waals surface area contributed by atoms with Crippen molar-refractivity contribution < 1.29 is 18.1 Å². The highest BCUT2D eigenvalue weighted by molar-refractivity contribution is 8.76. The summed E-state index contributed by atoms with van der Waals surface area (Å²) in [7, 11) is 0.926. The van der Waals surface area contributed by atoms with Crippen molar-refractivity contribution in [1.82, 2.24) is 8.99 Å². The summed E-state index contributed by atoms with van der Waals surface area (Å²) in [5.74, 6) is 0. The van der Waals surface area contributed by atoms with E-state index in [1.165, 1.54) is 73.3 Å². The maximum absolute atomic E-state index is 5.98. The van der Waals surface area contributed by atoms with E-state index in [4.69, 9.17) is 18.1 Å². The van der Waals surface area contributed by atoms with Crippen molar-refractivity contribution in [2.45, 2.75) is 79.1 Å². The van der Waals surface area contributed by atoms with Crippen molar-refractivity contribution in [3.8, 4) is 0 Å². The Hall–Kier alpha value is 1.32. The van der Waals surface area contributed by atoms with Gasteiger partial charge in [-0.1, -0.05) is 53.4 Å². The summed E-state index contributed by atoms with van der Waals surface area (Å²) in [5.41, 5.74) is 0.410. The third-order valence-corrected chi connectivity index (χ3v) is 10.3. The summed E-state index contributed by atoms with van der Waals surface area (Å²) >= 11 is 0. The molecule has 10 heteroatoms. The van der Waals surface area contributed by atoms with Crippen LogP contribution in [0.15, 0.2) is 0 Å². The highest BCUT2D eigenvalue weighted by Crippen LogP contribution is 2.51. The molecule has 2 aliphatic rings. The molecule has 0 unspecified atom stereocenters. The molecule has 0 bridgehead atoms. The van der Waals surface area contributed by atoms with E-state index in [1.807, 2.05) is 0 Å². The first-order chi connectivity index (χ1) is 13.6. The Morgan fingerprint density at radius 1 is 0.607 bits per heavy atom. The highest BCUT2D eigenvalue weighted by Gasteiger charge is 2.37. The van der Waals surface area contributed by atoms with Crippen LogP contribution in [0.25, 0.3) is 0 Å². The molecule has 6 nitrogen and oxygen atoms in total. The largest absolute Gasteiger partial charge is 0.321 e. The van der Waals surface area contributed by atoms with E-state index < -0.39 is 17.1 Å². The minimum atomic E-state index is -1.03. The van der Waals surface area contributed by atoms with Gasteiger partial charge in [-0.15, -0.1) is 0 Å². The number of hydrogen-bond acceptors (Lipinski definition) is 8. The van der Waals surface area contributed by atoms with Gasteiger partial charge in [0.1, 0.15) is 0 Å². The van der Waals surface area contributed by atoms with Gasteiger partial charge in [0.25, 0.3) is 17.1 Å². The molecule has 28 heavy (non-hydrogen) atoms. The minimum absolute atomic E-state index is 0.205. The molecule has 0 aromatic rings. The van der Waals surface area contributed by atoms with Crippen LogP contribution < -0.4 is 8.99 Å². The van der Waals surface area contributed by atoms with Crippen LogP contribution in [-0.4, -0.2) is 26.4 Å². The van der Waals surface area contributed by atoms with Gasteiger partial charge in [-0.25, -0.2) is 0 Å². The van der Waals surface area contributed by atoms with Crippen LogP contribution in [0.2, 0.25) is 0 Å². The fraction of sp³-hybridized carbons (Fsp3) is 1.00. The first-order valence-electron chi connectivity index (χ1n) is 10.6. The van der Waals surface area contributed by atoms with Gasteiger partial charge >= 0.3 is 0 Å². The monoisotopic (exact) mass is 472 g/mol. The third-order valence-electron chi connectivity index (χ3n) is 5.34. The second-order valence-corrected chi connectivity index (χ2v) is 12.8. The van der Waals surface area contributed by atoms with E-state index in [2.05, 4.69) is 36.7 Å². The van der Waals surface area contributed by atoms with Crippen molar-refractivity contribution in [3.63, 3.8) is 0 Å². The molecule has 0 aromatic heterocycles. The zero-order valence-corrected chi connectivity index (χ0v) is 21.3. The maximum atomic E-state index is 5.98. The molecule has 0 radical (unpaired) electrons. The lowest BCUT2D eigenvalue weighted by molar-refractivity contribution is 0.0188. The lowest BCUT2D eigenvalue weighted by Gasteiger charge is -2.39. The predicted molar refractivity (Wildman–Crippen MR) is 124 cm³/mol. The van der Waals surface area contributed by atoms with Gasteiger partial charge in [0.15, 0.2) is 0 Å². The van der Waals surface area contributed by atoms with E-state index in [1.54, 1.807) is 0 Å². The number of nitrogens with one attached hydrogen (secondary N) is 2. The average Bonchev–Trinajstić information content (AvgIpc) is 2.69. The fourth-order valence-corrected chi connectivity index (χ4v) is 9.20. The molecule has 0 saturated carbocycles. The first kappa shape index (κ1) is 25.6. The summed E-state index contributed by atoms with van der Waals surface area (Å²) in [5, 5.41) is 0. The first-order valence-corrected chi connectivity index (χ1v) is 15.1. The molecule has 2 N–H and O–H groups in total. The minimum Gasteiger partial charge on any atom is -0.321 e. The highest BCUT2D eigenvalue weighted by atomic mass is 33.1. The SMILES string of the molecule is CCCC1(CCC)COP(NSSNP2OCC(CCC)(CCC)CO2)OC1. The molecule has 0 aromatic carbocycles. The number of hydrogen-bond donors (Lipinski definition) is 2. The van der Waals surface area contributed by atoms with Crippen molar-refractivity contribution in [2.75, 3.05) is 26.4 Å². The molecule has 2 fully saturated rings. The quantitative estimate of drug-likeness (QED) is 0.127. The Morgan fingerprint density at radius 3 is 1.14 bits per heavy atom. The molecule has 2 saturated heterocycles. The average molecular weight is 473 g/mol. The molecule has 0 atom stereocenters. The standard InChI is InChI=1S/C18H38N2O4P2S2/c1-5-9-17(10-6-2)13-21-25(22-14-17)19-27-28-20-26-23-15-18(11-7-3,12-8-4)16-24-26/h19-20H,5-16H2,1-4H3. The lowest BCUT2D eigenvalue weighted by Crippen LogP contribution is -2.36. The Morgan fingerprint density at radius 2 is 0.893 bits per heavy atom. The van der Waals surface area contributed by atoms with E-state index >= 15 is 0 Å². The van der Waals surface area contributed by atoms with Crippen LogP contribution in [-0.2, 0) is 18.1 Å². The summed E-state index contributed by atoms with van der Waals surface area (Å²) in [6.45, 7) is 12.1. The second kappa shape index (κ2) is 13.7. The molecule has 2 rings (SSSR count). The third kappa shape index (κ3) is 8.11. The van der Waals surface area contributed by atoms with Crippen molar-refractivity contribution in [1.29, 1.82) is 0 Å². The molecule has 0 aliphatic carbocycles. The van der Waals surface area contributed by atoms with Crippen molar-refractivity contribution in [3.05, 3.63) is 0 Å². The Kier molecular flexibility index (Phi) is 12.5. The summed E-state index contributed by atoms with van der Waals surface area (Å²) in [6, 6.07) is 0. The van der Waals surface area contributed by atoms with Crippen LogP contribution >= 0.6 is 39.0 Å². The zero-order valence-electron chi connectivity index (χ0n) is 17.8. The van der Waals surface area contributed by atoms with Crippen LogP contribution in [0, 0.1) is 10.8 Å². The maximum Gasteiger partial charge on any atom is 0.267 e. The topological polar surface area (TPSA) is 61.0 Å². The second-order valence-electron chi connectivity index (χ2n) is 7.96.